The van der Waals surface area contributed by atoms with Gasteiger partial charge in [0.15, 0.2) is 0 Å². The molecular weight excluding hydrogens is 163 g/mol. The van der Waals surface area contributed by atoms with E-state index in [0.29, 0.717) is 17.8 Å². The van der Waals surface area contributed by atoms with Gasteiger partial charge in [0.1, 0.15) is 0 Å². The lowest BCUT2D eigenvalue weighted by Gasteiger charge is -2.30. The van der Waals surface area contributed by atoms with E-state index in [1.807, 2.05) is 0 Å². The first-order chi connectivity index (χ1) is 6.00. The second-order valence-electron chi connectivity index (χ2n) is 5.20. The van der Waals surface area contributed by atoms with E-state index in [0.717, 1.165) is 12.8 Å². The molecule has 0 aliphatic heterocycles. The molecule has 0 N–H and O–H groups in total. The zero-order valence-corrected chi connectivity index (χ0v) is 9.07. The highest BCUT2D eigenvalue weighted by atomic mass is 19.1. The molecule has 0 saturated carbocycles. The topological polar surface area (TPSA) is 0 Å². The lowest BCUT2D eigenvalue weighted by Crippen LogP contribution is -2.20. The Hall–Kier alpha value is -0.330. The van der Waals surface area contributed by atoms with Crippen molar-refractivity contribution in [1.82, 2.24) is 0 Å². The van der Waals surface area contributed by atoms with Crippen molar-refractivity contribution in [1.29, 1.82) is 0 Å². The maximum absolute atomic E-state index is 13.0. The molecule has 1 rings (SSSR count). The molecule has 1 atom stereocenters. The minimum atomic E-state index is 0.106. The van der Waals surface area contributed by atoms with Gasteiger partial charge in [0.25, 0.3) is 0 Å². The standard InChI is InChI=1S/C12H21F/c1-12(2,3)10-6-4-5-7-11(13)9-8-10/h9-10H,4-8H2,1-3H3/b11-9+. The van der Waals surface area contributed by atoms with Crippen molar-refractivity contribution in [3.8, 4) is 0 Å². The Morgan fingerprint density at radius 3 is 2.62 bits per heavy atom. The van der Waals surface area contributed by atoms with Crippen molar-refractivity contribution in [2.24, 2.45) is 11.3 Å². The molecule has 0 saturated heterocycles. The normalized spacial score (nSPS) is 30.2. The van der Waals surface area contributed by atoms with Crippen molar-refractivity contribution in [2.45, 2.75) is 52.9 Å². The molecule has 0 aromatic rings. The number of halogens is 1. The highest BCUT2D eigenvalue weighted by molar-refractivity contribution is 4.96. The van der Waals surface area contributed by atoms with Gasteiger partial charge < -0.3 is 0 Å². The summed E-state index contributed by atoms with van der Waals surface area (Å²) in [6, 6.07) is 0. The fraction of sp³-hybridized carbons (Fsp3) is 0.833. The van der Waals surface area contributed by atoms with Crippen molar-refractivity contribution < 1.29 is 4.39 Å². The van der Waals surface area contributed by atoms with Gasteiger partial charge in [-0.1, -0.05) is 33.3 Å². The summed E-state index contributed by atoms with van der Waals surface area (Å²) in [4.78, 5) is 0. The van der Waals surface area contributed by atoms with Crippen LogP contribution in [0.1, 0.15) is 52.9 Å². The minimum absolute atomic E-state index is 0.106. The first-order valence-electron chi connectivity index (χ1n) is 5.34. The molecule has 1 aliphatic carbocycles. The van der Waals surface area contributed by atoms with E-state index in [2.05, 4.69) is 20.8 Å². The maximum atomic E-state index is 13.0. The van der Waals surface area contributed by atoms with Crippen LogP contribution in [-0.4, -0.2) is 0 Å². The molecule has 0 heterocycles. The molecule has 0 radical (unpaired) electrons. The molecule has 0 amide bonds. The van der Waals surface area contributed by atoms with Crippen molar-refractivity contribution >= 4 is 0 Å². The number of allylic oxidation sites excluding steroid dienone is 2. The van der Waals surface area contributed by atoms with Crippen LogP contribution in [0.15, 0.2) is 11.9 Å². The van der Waals surface area contributed by atoms with E-state index in [-0.39, 0.29) is 5.83 Å². The molecular formula is C12H21F. The molecule has 0 bridgehead atoms. The lowest BCUT2D eigenvalue weighted by molar-refractivity contribution is 0.217. The summed E-state index contributed by atoms with van der Waals surface area (Å²) in [7, 11) is 0. The van der Waals surface area contributed by atoms with Crippen LogP contribution in [0.5, 0.6) is 0 Å². The summed E-state index contributed by atoms with van der Waals surface area (Å²) in [5, 5.41) is 0. The molecule has 0 aromatic carbocycles. The van der Waals surface area contributed by atoms with Crippen LogP contribution in [0.4, 0.5) is 4.39 Å². The minimum Gasteiger partial charge on any atom is -0.212 e. The Labute approximate surface area is 81.2 Å². The average molecular weight is 184 g/mol. The Morgan fingerprint density at radius 1 is 1.31 bits per heavy atom. The summed E-state index contributed by atoms with van der Waals surface area (Å²) in [6.45, 7) is 6.76. The van der Waals surface area contributed by atoms with E-state index in [1.54, 1.807) is 6.08 Å². The zero-order valence-electron chi connectivity index (χ0n) is 9.07. The molecule has 0 fully saturated rings. The molecule has 76 valence electrons. The molecule has 0 spiro atoms. The fourth-order valence-corrected chi connectivity index (χ4v) is 1.96. The lowest BCUT2D eigenvalue weighted by atomic mass is 9.75. The van der Waals surface area contributed by atoms with Crippen molar-refractivity contribution in [3.63, 3.8) is 0 Å². The van der Waals surface area contributed by atoms with Gasteiger partial charge >= 0.3 is 0 Å². The molecule has 1 aliphatic rings. The highest BCUT2D eigenvalue weighted by Crippen LogP contribution is 2.35. The fourth-order valence-electron chi connectivity index (χ4n) is 1.96. The summed E-state index contributed by atoms with van der Waals surface area (Å²) in [5.74, 6) is 0.757. The first-order valence-corrected chi connectivity index (χ1v) is 5.34. The summed E-state index contributed by atoms with van der Waals surface area (Å²) >= 11 is 0. The second-order valence-corrected chi connectivity index (χ2v) is 5.20. The van der Waals surface area contributed by atoms with Gasteiger partial charge in [-0.2, -0.15) is 0 Å². The monoisotopic (exact) mass is 184 g/mol. The third-order valence-corrected chi connectivity index (χ3v) is 3.07. The van der Waals surface area contributed by atoms with E-state index < -0.39 is 0 Å². The van der Waals surface area contributed by atoms with Crippen LogP contribution in [0.3, 0.4) is 0 Å². The number of hydrogen-bond acceptors (Lipinski definition) is 0. The van der Waals surface area contributed by atoms with Gasteiger partial charge in [-0.25, -0.2) is 4.39 Å². The van der Waals surface area contributed by atoms with Gasteiger partial charge in [-0.05, 0) is 37.0 Å². The van der Waals surface area contributed by atoms with Gasteiger partial charge in [-0.15, -0.1) is 0 Å². The molecule has 0 aromatic heterocycles. The molecule has 1 unspecified atom stereocenters. The van der Waals surface area contributed by atoms with E-state index in [1.165, 1.54) is 12.8 Å². The average Bonchev–Trinajstić information content (AvgIpc) is 1.94. The number of hydrogen-bond donors (Lipinski definition) is 0. The van der Waals surface area contributed by atoms with E-state index >= 15 is 0 Å². The van der Waals surface area contributed by atoms with Crippen LogP contribution in [0.25, 0.3) is 0 Å². The van der Waals surface area contributed by atoms with Crippen LogP contribution in [0, 0.1) is 11.3 Å². The molecule has 13 heavy (non-hydrogen) atoms. The summed E-state index contributed by atoms with van der Waals surface area (Å²) in [5.41, 5.74) is 0.328. The molecule has 0 nitrogen and oxygen atoms in total. The Bertz CT molecular complexity index is 186. The first kappa shape index (κ1) is 10.7. The SMILES string of the molecule is CC(C)(C)C1C/C=C(/F)CCCC1. The Morgan fingerprint density at radius 2 is 2.00 bits per heavy atom. The van der Waals surface area contributed by atoms with E-state index in [4.69, 9.17) is 0 Å². The van der Waals surface area contributed by atoms with Crippen molar-refractivity contribution in [2.75, 3.05) is 0 Å². The second kappa shape index (κ2) is 4.26. The quantitative estimate of drug-likeness (QED) is 0.521. The summed E-state index contributed by atoms with van der Waals surface area (Å²) in [6.07, 6.45) is 6.85. The van der Waals surface area contributed by atoms with E-state index in [9.17, 15) is 4.39 Å². The highest BCUT2D eigenvalue weighted by Gasteiger charge is 2.24. The van der Waals surface area contributed by atoms with Crippen molar-refractivity contribution in [3.05, 3.63) is 11.9 Å². The predicted molar refractivity (Wildman–Crippen MR) is 55.2 cm³/mol. The van der Waals surface area contributed by atoms with Gasteiger partial charge in [0.2, 0.25) is 0 Å². The largest absolute Gasteiger partial charge is 0.212 e. The van der Waals surface area contributed by atoms with Gasteiger partial charge in [0.05, 0.1) is 5.83 Å². The third-order valence-electron chi connectivity index (χ3n) is 3.07. The van der Waals surface area contributed by atoms with Gasteiger partial charge in [0, 0.05) is 0 Å². The third kappa shape index (κ3) is 3.50. The summed E-state index contributed by atoms with van der Waals surface area (Å²) < 4.78 is 13.0. The zero-order chi connectivity index (χ0) is 9.90. The van der Waals surface area contributed by atoms with Crippen LogP contribution >= 0.6 is 0 Å². The maximum Gasteiger partial charge on any atom is 0.0959 e. The van der Waals surface area contributed by atoms with Crippen LogP contribution in [-0.2, 0) is 0 Å². The van der Waals surface area contributed by atoms with Gasteiger partial charge in [-0.3, -0.25) is 0 Å². The van der Waals surface area contributed by atoms with Crippen LogP contribution in [0.2, 0.25) is 0 Å². The molecule has 1 heteroatoms. The Balaban J connectivity index is 2.60. The Kier molecular flexibility index (Phi) is 3.52. The number of rotatable bonds is 0. The smallest absolute Gasteiger partial charge is 0.0959 e. The van der Waals surface area contributed by atoms with Crippen LogP contribution < -0.4 is 0 Å². The predicted octanol–water partition coefficient (Wildman–Crippen LogP) is 4.47.